The standard InChI is InChI=1S/C14H16N2/c1-3-16-14-7-5-4-6-13(14)12-8-11(2)9-15-10-12/h4-10,16H,3H2,1-2H3. The zero-order valence-corrected chi connectivity index (χ0v) is 9.70. The molecule has 1 aromatic heterocycles. The van der Waals surface area contributed by atoms with Gasteiger partial charge >= 0.3 is 0 Å². The van der Waals surface area contributed by atoms with Gasteiger partial charge in [0.05, 0.1) is 0 Å². The topological polar surface area (TPSA) is 24.9 Å². The van der Waals surface area contributed by atoms with Crippen LogP contribution >= 0.6 is 0 Å². The Bertz CT molecular complexity index is 478. The third kappa shape index (κ3) is 2.22. The molecule has 0 aliphatic rings. The third-order valence-electron chi connectivity index (χ3n) is 2.48. The van der Waals surface area contributed by atoms with Gasteiger partial charge in [-0.1, -0.05) is 18.2 Å². The molecule has 0 atom stereocenters. The molecule has 1 N–H and O–H groups in total. The van der Waals surface area contributed by atoms with Crippen molar-refractivity contribution in [3.8, 4) is 11.1 Å². The number of aromatic nitrogens is 1. The van der Waals surface area contributed by atoms with Crippen LogP contribution in [0.1, 0.15) is 12.5 Å². The van der Waals surface area contributed by atoms with Gasteiger partial charge in [-0.3, -0.25) is 4.98 Å². The highest BCUT2D eigenvalue weighted by atomic mass is 14.9. The maximum Gasteiger partial charge on any atom is 0.0420 e. The van der Waals surface area contributed by atoms with Gasteiger partial charge in [0.1, 0.15) is 0 Å². The lowest BCUT2D eigenvalue weighted by Gasteiger charge is -2.10. The molecule has 0 saturated heterocycles. The van der Waals surface area contributed by atoms with Crippen molar-refractivity contribution in [2.24, 2.45) is 0 Å². The monoisotopic (exact) mass is 212 g/mol. The van der Waals surface area contributed by atoms with Gasteiger partial charge in [0.2, 0.25) is 0 Å². The van der Waals surface area contributed by atoms with E-state index >= 15 is 0 Å². The molecule has 2 nitrogen and oxygen atoms in total. The number of hydrogen-bond donors (Lipinski definition) is 1. The van der Waals surface area contributed by atoms with Crippen LogP contribution in [0, 0.1) is 6.92 Å². The van der Waals surface area contributed by atoms with Crippen LogP contribution in [0.4, 0.5) is 5.69 Å². The van der Waals surface area contributed by atoms with Crippen LogP contribution in [0.5, 0.6) is 0 Å². The second-order valence-corrected chi connectivity index (χ2v) is 3.83. The molecule has 0 aliphatic carbocycles. The first-order valence-corrected chi connectivity index (χ1v) is 5.56. The molecular weight excluding hydrogens is 196 g/mol. The van der Waals surface area contributed by atoms with Crippen LogP contribution in [-0.4, -0.2) is 11.5 Å². The lowest BCUT2D eigenvalue weighted by molar-refractivity contribution is 1.21. The predicted octanol–water partition coefficient (Wildman–Crippen LogP) is 3.49. The molecule has 82 valence electrons. The summed E-state index contributed by atoms with van der Waals surface area (Å²) in [4.78, 5) is 4.23. The van der Waals surface area contributed by atoms with Crippen molar-refractivity contribution in [2.45, 2.75) is 13.8 Å². The van der Waals surface area contributed by atoms with E-state index in [-0.39, 0.29) is 0 Å². The molecule has 2 heteroatoms. The van der Waals surface area contributed by atoms with Gasteiger partial charge in [0.25, 0.3) is 0 Å². The van der Waals surface area contributed by atoms with E-state index in [2.05, 4.69) is 48.4 Å². The van der Waals surface area contributed by atoms with Crippen LogP contribution < -0.4 is 5.32 Å². The van der Waals surface area contributed by atoms with Crippen LogP contribution in [0.15, 0.2) is 42.7 Å². The van der Waals surface area contributed by atoms with E-state index in [4.69, 9.17) is 0 Å². The molecule has 1 heterocycles. The van der Waals surface area contributed by atoms with Crippen molar-refractivity contribution < 1.29 is 0 Å². The molecule has 0 aliphatic heterocycles. The Morgan fingerprint density at radius 1 is 1.19 bits per heavy atom. The number of benzene rings is 1. The Balaban J connectivity index is 2.46. The Morgan fingerprint density at radius 2 is 2.00 bits per heavy atom. The van der Waals surface area contributed by atoms with Crippen molar-refractivity contribution in [1.29, 1.82) is 0 Å². The zero-order chi connectivity index (χ0) is 11.4. The van der Waals surface area contributed by atoms with Crippen LogP contribution in [0.25, 0.3) is 11.1 Å². The van der Waals surface area contributed by atoms with Gasteiger partial charge in [-0.2, -0.15) is 0 Å². The van der Waals surface area contributed by atoms with E-state index in [9.17, 15) is 0 Å². The maximum absolute atomic E-state index is 4.23. The number of para-hydroxylation sites is 1. The predicted molar refractivity (Wildman–Crippen MR) is 68.6 cm³/mol. The van der Waals surface area contributed by atoms with Gasteiger partial charge in [-0.25, -0.2) is 0 Å². The first kappa shape index (κ1) is 10.7. The number of rotatable bonds is 3. The fourth-order valence-corrected chi connectivity index (χ4v) is 1.78. The van der Waals surface area contributed by atoms with Crippen LogP contribution in [-0.2, 0) is 0 Å². The van der Waals surface area contributed by atoms with E-state index in [0.29, 0.717) is 0 Å². The Labute approximate surface area is 96.4 Å². The first-order chi connectivity index (χ1) is 7.81. The van der Waals surface area contributed by atoms with Crippen molar-refractivity contribution in [3.05, 3.63) is 48.3 Å². The second-order valence-electron chi connectivity index (χ2n) is 3.83. The number of pyridine rings is 1. The highest BCUT2D eigenvalue weighted by Gasteiger charge is 2.03. The Kier molecular flexibility index (Phi) is 3.20. The SMILES string of the molecule is CCNc1ccccc1-c1cncc(C)c1. The minimum absolute atomic E-state index is 0.927. The van der Waals surface area contributed by atoms with Crippen molar-refractivity contribution >= 4 is 5.69 Å². The molecule has 1 aromatic carbocycles. The highest BCUT2D eigenvalue weighted by Crippen LogP contribution is 2.27. The normalized spacial score (nSPS) is 10.1. The lowest BCUT2D eigenvalue weighted by Crippen LogP contribution is -1.98. The second kappa shape index (κ2) is 4.79. The third-order valence-corrected chi connectivity index (χ3v) is 2.48. The molecule has 0 bridgehead atoms. The van der Waals surface area contributed by atoms with Crippen LogP contribution in [0.2, 0.25) is 0 Å². The molecule has 0 fully saturated rings. The summed E-state index contributed by atoms with van der Waals surface area (Å²) >= 11 is 0. The number of nitrogens with one attached hydrogen (secondary N) is 1. The number of aryl methyl sites for hydroxylation is 1. The fraction of sp³-hybridized carbons (Fsp3) is 0.214. The Morgan fingerprint density at radius 3 is 2.75 bits per heavy atom. The highest BCUT2D eigenvalue weighted by molar-refractivity contribution is 5.77. The summed E-state index contributed by atoms with van der Waals surface area (Å²) in [6.07, 6.45) is 3.78. The molecule has 0 saturated carbocycles. The van der Waals surface area contributed by atoms with E-state index in [1.54, 1.807) is 0 Å². The van der Waals surface area contributed by atoms with Gasteiger partial charge in [0.15, 0.2) is 0 Å². The molecule has 0 amide bonds. The largest absolute Gasteiger partial charge is 0.385 e. The molecule has 0 spiro atoms. The summed E-state index contributed by atoms with van der Waals surface area (Å²) in [6.45, 7) is 5.09. The molecule has 2 rings (SSSR count). The zero-order valence-electron chi connectivity index (χ0n) is 9.70. The molecule has 16 heavy (non-hydrogen) atoms. The van der Waals surface area contributed by atoms with Crippen molar-refractivity contribution in [3.63, 3.8) is 0 Å². The summed E-state index contributed by atoms with van der Waals surface area (Å²) in [5.74, 6) is 0. The van der Waals surface area contributed by atoms with Gasteiger partial charge in [-0.05, 0) is 31.5 Å². The minimum Gasteiger partial charge on any atom is -0.385 e. The van der Waals surface area contributed by atoms with E-state index in [1.807, 2.05) is 18.5 Å². The maximum atomic E-state index is 4.23. The van der Waals surface area contributed by atoms with Crippen LogP contribution in [0.3, 0.4) is 0 Å². The number of nitrogens with zero attached hydrogens (tertiary/aromatic N) is 1. The minimum atomic E-state index is 0.927. The fourth-order valence-electron chi connectivity index (χ4n) is 1.78. The number of hydrogen-bond acceptors (Lipinski definition) is 2. The van der Waals surface area contributed by atoms with Gasteiger partial charge < -0.3 is 5.32 Å². The average molecular weight is 212 g/mol. The van der Waals surface area contributed by atoms with Crippen molar-refractivity contribution in [2.75, 3.05) is 11.9 Å². The average Bonchev–Trinajstić information content (AvgIpc) is 2.30. The molecular formula is C14H16N2. The summed E-state index contributed by atoms with van der Waals surface area (Å²) in [5, 5.41) is 3.37. The summed E-state index contributed by atoms with van der Waals surface area (Å²) in [6, 6.07) is 10.5. The molecule has 0 unspecified atom stereocenters. The van der Waals surface area contributed by atoms with Gasteiger partial charge in [0, 0.05) is 35.8 Å². The summed E-state index contributed by atoms with van der Waals surface area (Å²) in [7, 11) is 0. The summed E-state index contributed by atoms with van der Waals surface area (Å²) < 4.78 is 0. The Hall–Kier alpha value is -1.83. The molecule has 0 radical (unpaired) electrons. The quantitative estimate of drug-likeness (QED) is 0.842. The van der Waals surface area contributed by atoms with Crippen molar-refractivity contribution in [1.82, 2.24) is 4.98 Å². The summed E-state index contributed by atoms with van der Waals surface area (Å²) in [5.41, 5.74) is 4.72. The van der Waals surface area contributed by atoms with E-state index in [1.165, 1.54) is 11.1 Å². The molecule has 2 aromatic rings. The van der Waals surface area contributed by atoms with Gasteiger partial charge in [-0.15, -0.1) is 0 Å². The lowest BCUT2D eigenvalue weighted by atomic mass is 10.0. The smallest absolute Gasteiger partial charge is 0.0420 e. The van der Waals surface area contributed by atoms with E-state index in [0.717, 1.165) is 17.8 Å². The van der Waals surface area contributed by atoms with E-state index < -0.39 is 0 Å². The first-order valence-electron chi connectivity index (χ1n) is 5.56. The number of anilines is 1.